The van der Waals surface area contributed by atoms with Crippen molar-refractivity contribution in [3.8, 4) is 11.4 Å². The molecule has 2 heterocycles. The highest BCUT2D eigenvalue weighted by Gasteiger charge is 2.22. The second-order valence-electron chi connectivity index (χ2n) is 6.13. The lowest BCUT2D eigenvalue weighted by Gasteiger charge is -2.12. The van der Waals surface area contributed by atoms with Gasteiger partial charge < -0.3 is 15.8 Å². The maximum atomic E-state index is 5.97. The van der Waals surface area contributed by atoms with E-state index in [0.717, 1.165) is 41.9 Å². The predicted octanol–water partition coefficient (Wildman–Crippen LogP) is 2.12. The van der Waals surface area contributed by atoms with Crippen molar-refractivity contribution in [2.45, 2.75) is 31.3 Å². The number of anilines is 1. The van der Waals surface area contributed by atoms with Crippen molar-refractivity contribution in [2.24, 2.45) is 5.73 Å². The van der Waals surface area contributed by atoms with Crippen LogP contribution in [-0.4, -0.2) is 38.7 Å². The Kier molecular flexibility index (Phi) is 3.78. The standard InChI is InChI=1S/C17H20N6O/c1-24-14-6-4-13(5-7-14)23-10-20-15-9-19-17(22-16(15)23)21-12-3-2-11(18)8-12/h4-7,9-12H,2-3,8,18H2,1H3,(H,19,21,22)/t11-,12-/m1/s1. The van der Waals surface area contributed by atoms with E-state index >= 15 is 0 Å². The van der Waals surface area contributed by atoms with Crippen LogP contribution in [0.5, 0.6) is 5.75 Å². The van der Waals surface area contributed by atoms with Crippen molar-refractivity contribution in [3.63, 3.8) is 0 Å². The summed E-state index contributed by atoms with van der Waals surface area (Å²) in [4.78, 5) is 13.4. The smallest absolute Gasteiger partial charge is 0.224 e. The van der Waals surface area contributed by atoms with Crippen LogP contribution in [0.2, 0.25) is 0 Å². The fraction of sp³-hybridized carbons (Fsp3) is 0.353. The van der Waals surface area contributed by atoms with Crippen LogP contribution in [0, 0.1) is 0 Å². The molecule has 2 aromatic heterocycles. The topological polar surface area (TPSA) is 90.9 Å². The summed E-state index contributed by atoms with van der Waals surface area (Å²) >= 11 is 0. The molecule has 0 unspecified atom stereocenters. The quantitative estimate of drug-likeness (QED) is 0.764. The second kappa shape index (κ2) is 6.09. The molecule has 0 bridgehead atoms. The summed E-state index contributed by atoms with van der Waals surface area (Å²) in [6.07, 6.45) is 6.57. The number of nitrogens with two attached hydrogens (primary N) is 1. The van der Waals surface area contributed by atoms with Crippen molar-refractivity contribution in [2.75, 3.05) is 12.4 Å². The highest BCUT2D eigenvalue weighted by atomic mass is 16.5. The molecule has 7 heteroatoms. The fourth-order valence-electron chi connectivity index (χ4n) is 3.14. The molecule has 7 nitrogen and oxygen atoms in total. The Bertz CT molecular complexity index is 844. The fourth-order valence-corrected chi connectivity index (χ4v) is 3.14. The minimum Gasteiger partial charge on any atom is -0.497 e. The van der Waals surface area contributed by atoms with Crippen LogP contribution in [0.3, 0.4) is 0 Å². The number of hydrogen-bond acceptors (Lipinski definition) is 6. The summed E-state index contributed by atoms with van der Waals surface area (Å²) in [5.41, 5.74) is 8.49. The summed E-state index contributed by atoms with van der Waals surface area (Å²) in [6, 6.07) is 8.41. The molecule has 3 aromatic rings. The molecule has 1 aromatic carbocycles. The first kappa shape index (κ1) is 14.9. The zero-order chi connectivity index (χ0) is 16.5. The van der Waals surface area contributed by atoms with Crippen LogP contribution in [0.25, 0.3) is 16.9 Å². The Balaban J connectivity index is 1.65. The van der Waals surface area contributed by atoms with Gasteiger partial charge in [-0.25, -0.2) is 9.97 Å². The van der Waals surface area contributed by atoms with Gasteiger partial charge in [0.25, 0.3) is 0 Å². The summed E-state index contributed by atoms with van der Waals surface area (Å²) in [6.45, 7) is 0. The number of aromatic nitrogens is 4. The van der Waals surface area contributed by atoms with Crippen LogP contribution < -0.4 is 15.8 Å². The number of methoxy groups -OCH3 is 1. The Labute approximate surface area is 139 Å². The van der Waals surface area contributed by atoms with E-state index in [0.29, 0.717) is 12.0 Å². The van der Waals surface area contributed by atoms with E-state index in [9.17, 15) is 0 Å². The van der Waals surface area contributed by atoms with Gasteiger partial charge in [-0.3, -0.25) is 4.57 Å². The Hall–Kier alpha value is -2.67. The molecule has 1 saturated carbocycles. The van der Waals surface area contributed by atoms with Crippen molar-refractivity contribution in [1.82, 2.24) is 19.5 Å². The van der Waals surface area contributed by atoms with Crippen LogP contribution in [0.4, 0.5) is 5.95 Å². The molecule has 1 aliphatic carbocycles. The normalized spacial score (nSPS) is 20.4. The van der Waals surface area contributed by atoms with Crippen molar-refractivity contribution in [1.29, 1.82) is 0 Å². The number of nitrogens with zero attached hydrogens (tertiary/aromatic N) is 4. The molecule has 1 aliphatic rings. The van der Waals surface area contributed by atoms with Crippen LogP contribution >= 0.6 is 0 Å². The second-order valence-corrected chi connectivity index (χ2v) is 6.13. The molecule has 3 N–H and O–H groups in total. The third-order valence-electron chi connectivity index (χ3n) is 4.45. The molecular formula is C17H20N6O. The Morgan fingerprint density at radius 2 is 2.04 bits per heavy atom. The zero-order valence-corrected chi connectivity index (χ0v) is 13.5. The summed E-state index contributed by atoms with van der Waals surface area (Å²) < 4.78 is 7.15. The molecule has 1 fully saturated rings. The average molecular weight is 324 g/mol. The molecular weight excluding hydrogens is 304 g/mol. The van der Waals surface area contributed by atoms with E-state index in [1.54, 1.807) is 19.6 Å². The van der Waals surface area contributed by atoms with Gasteiger partial charge >= 0.3 is 0 Å². The average Bonchev–Trinajstić information content (AvgIpc) is 3.21. The van der Waals surface area contributed by atoms with Gasteiger partial charge in [0.1, 0.15) is 17.6 Å². The molecule has 0 amide bonds. The lowest BCUT2D eigenvalue weighted by molar-refractivity contribution is 0.415. The molecule has 24 heavy (non-hydrogen) atoms. The van der Waals surface area contributed by atoms with Gasteiger partial charge in [0.05, 0.1) is 13.3 Å². The van der Waals surface area contributed by atoms with Crippen LogP contribution in [-0.2, 0) is 0 Å². The summed E-state index contributed by atoms with van der Waals surface area (Å²) in [7, 11) is 1.65. The number of fused-ring (bicyclic) bond motifs is 1. The zero-order valence-electron chi connectivity index (χ0n) is 13.5. The molecule has 4 rings (SSSR count). The first-order chi connectivity index (χ1) is 11.7. The van der Waals surface area contributed by atoms with Crippen LogP contribution in [0.1, 0.15) is 19.3 Å². The lowest BCUT2D eigenvalue weighted by Crippen LogP contribution is -2.21. The number of ether oxygens (including phenoxy) is 1. The monoisotopic (exact) mass is 324 g/mol. The highest BCUT2D eigenvalue weighted by molar-refractivity contribution is 5.73. The minimum absolute atomic E-state index is 0.274. The van der Waals surface area contributed by atoms with Crippen molar-refractivity contribution in [3.05, 3.63) is 36.8 Å². The van der Waals surface area contributed by atoms with E-state index in [1.165, 1.54) is 0 Å². The predicted molar refractivity (Wildman–Crippen MR) is 92.4 cm³/mol. The first-order valence-corrected chi connectivity index (χ1v) is 8.09. The number of rotatable bonds is 4. The lowest BCUT2D eigenvalue weighted by atomic mass is 10.2. The SMILES string of the molecule is COc1ccc(-n2cnc3cnc(N[C@@H]4CC[C@@H](N)C4)nc32)cc1. The summed E-state index contributed by atoms with van der Waals surface area (Å²) in [5, 5.41) is 3.39. The number of nitrogens with one attached hydrogen (secondary N) is 1. The molecule has 0 spiro atoms. The van der Waals surface area contributed by atoms with E-state index in [-0.39, 0.29) is 6.04 Å². The van der Waals surface area contributed by atoms with Gasteiger partial charge in [-0.05, 0) is 43.5 Å². The molecule has 0 saturated heterocycles. The van der Waals surface area contributed by atoms with E-state index < -0.39 is 0 Å². The van der Waals surface area contributed by atoms with Crippen molar-refractivity contribution < 1.29 is 4.74 Å². The van der Waals surface area contributed by atoms with Gasteiger partial charge in [0, 0.05) is 17.8 Å². The molecule has 0 radical (unpaired) electrons. The van der Waals surface area contributed by atoms with E-state index in [2.05, 4.69) is 20.3 Å². The van der Waals surface area contributed by atoms with Gasteiger partial charge in [0.2, 0.25) is 5.95 Å². The third-order valence-corrected chi connectivity index (χ3v) is 4.45. The van der Waals surface area contributed by atoms with Gasteiger partial charge in [-0.1, -0.05) is 0 Å². The molecule has 2 atom stereocenters. The number of hydrogen-bond donors (Lipinski definition) is 2. The Morgan fingerprint density at radius 3 is 2.75 bits per heavy atom. The maximum Gasteiger partial charge on any atom is 0.224 e. The third kappa shape index (κ3) is 2.78. The van der Waals surface area contributed by atoms with Gasteiger partial charge in [-0.15, -0.1) is 0 Å². The first-order valence-electron chi connectivity index (χ1n) is 8.09. The number of benzene rings is 1. The van der Waals surface area contributed by atoms with E-state index in [1.807, 2.05) is 28.8 Å². The van der Waals surface area contributed by atoms with Gasteiger partial charge in [-0.2, -0.15) is 4.98 Å². The maximum absolute atomic E-state index is 5.97. The minimum atomic E-state index is 0.274. The Morgan fingerprint density at radius 1 is 1.21 bits per heavy atom. The molecule has 0 aliphatic heterocycles. The highest BCUT2D eigenvalue weighted by Crippen LogP contribution is 2.22. The van der Waals surface area contributed by atoms with Crippen LogP contribution in [0.15, 0.2) is 36.8 Å². The van der Waals surface area contributed by atoms with Crippen molar-refractivity contribution >= 4 is 17.1 Å². The largest absolute Gasteiger partial charge is 0.497 e. The molecule has 124 valence electrons. The summed E-state index contributed by atoms with van der Waals surface area (Å²) in [5.74, 6) is 1.44. The van der Waals surface area contributed by atoms with Gasteiger partial charge in [0.15, 0.2) is 5.65 Å². The number of imidazole rings is 1. The van der Waals surface area contributed by atoms with E-state index in [4.69, 9.17) is 10.5 Å².